The topological polar surface area (TPSA) is 152 Å². The molecule has 3 aromatic rings. The van der Waals surface area contributed by atoms with Gasteiger partial charge in [0.15, 0.2) is 0 Å². The van der Waals surface area contributed by atoms with E-state index in [0.29, 0.717) is 42.5 Å². The highest BCUT2D eigenvalue weighted by Crippen LogP contribution is 2.59. The predicted molar refractivity (Wildman–Crippen MR) is 162 cm³/mol. The maximum absolute atomic E-state index is 14.3. The fraction of sp³-hybridized carbons (Fsp3) is 0.467. The van der Waals surface area contributed by atoms with Gasteiger partial charge < -0.3 is 30.2 Å². The molecule has 15 heteroatoms. The van der Waals surface area contributed by atoms with Gasteiger partial charge >= 0.3 is 13.3 Å². The number of aromatic nitrogens is 1. The third-order valence-electron chi connectivity index (χ3n) is 9.50. The lowest BCUT2D eigenvalue weighted by atomic mass is 9.99. The molecule has 238 valence electrons. The summed E-state index contributed by atoms with van der Waals surface area (Å²) in [6.45, 7) is 1.26. The van der Waals surface area contributed by atoms with Crippen LogP contribution in [-0.2, 0) is 19.8 Å². The lowest BCUT2D eigenvalue weighted by molar-refractivity contribution is -0.143. The number of nitrogens with one attached hydrogen (secondary N) is 2. The van der Waals surface area contributed by atoms with E-state index in [4.69, 9.17) is 9.79 Å². The van der Waals surface area contributed by atoms with Gasteiger partial charge in [-0.2, -0.15) is 8.78 Å². The Labute approximate surface area is 261 Å². The van der Waals surface area contributed by atoms with E-state index in [1.54, 1.807) is 11.1 Å². The number of halogens is 2. The van der Waals surface area contributed by atoms with Crippen molar-refractivity contribution in [2.45, 2.75) is 61.9 Å². The molecule has 5 atom stereocenters. The monoisotopic (exact) mass is 659 g/mol. The minimum Gasteiger partial charge on any atom is -0.352 e. The summed E-state index contributed by atoms with van der Waals surface area (Å²) in [7, 11) is -5.75. The Balaban J connectivity index is 1.05. The summed E-state index contributed by atoms with van der Waals surface area (Å²) < 4.78 is 40.4. The first-order valence-corrected chi connectivity index (χ1v) is 17.4. The van der Waals surface area contributed by atoms with Crippen LogP contribution in [0.5, 0.6) is 0 Å². The molecule has 0 bridgehead atoms. The van der Waals surface area contributed by atoms with Gasteiger partial charge in [0.1, 0.15) is 17.9 Å². The van der Waals surface area contributed by atoms with E-state index in [9.17, 15) is 27.7 Å². The fourth-order valence-electron chi connectivity index (χ4n) is 6.98. The Morgan fingerprint density at radius 2 is 1.80 bits per heavy atom. The molecule has 4 N–H and O–H groups in total. The van der Waals surface area contributed by atoms with Crippen LogP contribution in [0.2, 0.25) is 0 Å². The van der Waals surface area contributed by atoms with E-state index in [-0.39, 0.29) is 34.2 Å². The number of pyridine rings is 1. The predicted octanol–water partition coefficient (Wildman–Crippen LogP) is 3.42. The van der Waals surface area contributed by atoms with Crippen LogP contribution >= 0.6 is 18.9 Å². The summed E-state index contributed by atoms with van der Waals surface area (Å²) >= 11 is 1.03. The van der Waals surface area contributed by atoms with Gasteiger partial charge in [0.05, 0.1) is 10.9 Å². The molecule has 2 aromatic heterocycles. The minimum absolute atomic E-state index is 0.0538. The molecular formula is C30H32F2N5O6PS. The van der Waals surface area contributed by atoms with Crippen molar-refractivity contribution >= 4 is 52.6 Å². The maximum Gasteiger partial charge on any atom is 0.399 e. The van der Waals surface area contributed by atoms with Crippen molar-refractivity contribution in [3.05, 3.63) is 59.1 Å². The van der Waals surface area contributed by atoms with Crippen LogP contribution in [0.15, 0.2) is 48.7 Å². The summed E-state index contributed by atoms with van der Waals surface area (Å²) in [5, 5.41) is 6.19. The van der Waals surface area contributed by atoms with E-state index in [1.807, 2.05) is 18.2 Å². The third kappa shape index (κ3) is 5.62. The smallest absolute Gasteiger partial charge is 0.352 e. The molecule has 1 aliphatic carbocycles. The van der Waals surface area contributed by atoms with Crippen molar-refractivity contribution in [3.8, 4) is 0 Å². The number of rotatable bonds is 7. The number of alkyl halides is 2. The van der Waals surface area contributed by atoms with Crippen LogP contribution in [0.25, 0.3) is 10.1 Å². The third-order valence-corrected chi connectivity index (χ3v) is 11.6. The Morgan fingerprint density at radius 3 is 2.53 bits per heavy atom. The van der Waals surface area contributed by atoms with Gasteiger partial charge in [0, 0.05) is 35.6 Å². The van der Waals surface area contributed by atoms with Crippen molar-refractivity contribution in [1.82, 2.24) is 20.5 Å². The average Bonchev–Trinajstić information content (AvgIpc) is 3.35. The zero-order valence-corrected chi connectivity index (χ0v) is 25.7. The largest absolute Gasteiger partial charge is 0.399 e. The SMILES string of the molecule is O=C(NC1C[C@@H]2C[C@@H]2C[C@H]2CC[C@@H](C(=O)NC3CN(c4ccccn4)C3)N2C1=O)c1cc2cc(C(F)(F)P(=O)(O)O)ccc2s1. The fourth-order valence-corrected chi connectivity index (χ4v) is 8.40. The average molecular weight is 660 g/mol. The summed E-state index contributed by atoms with van der Waals surface area (Å²) in [6, 6.07) is 8.65. The molecule has 4 aliphatic rings. The van der Waals surface area contributed by atoms with Crippen LogP contribution in [0.1, 0.15) is 47.3 Å². The number of amides is 3. The van der Waals surface area contributed by atoms with Crippen molar-refractivity contribution in [1.29, 1.82) is 0 Å². The Morgan fingerprint density at radius 1 is 1.02 bits per heavy atom. The number of anilines is 1. The van der Waals surface area contributed by atoms with Crippen LogP contribution in [0.4, 0.5) is 14.6 Å². The zero-order valence-electron chi connectivity index (χ0n) is 24.0. The summed E-state index contributed by atoms with van der Waals surface area (Å²) in [5.74, 6) is 0.562. The van der Waals surface area contributed by atoms with Crippen molar-refractivity contribution < 1.29 is 37.5 Å². The number of nitrogens with zero attached hydrogens (tertiary/aromatic N) is 3. The van der Waals surface area contributed by atoms with Gasteiger partial charge in [-0.05, 0) is 79.7 Å². The van der Waals surface area contributed by atoms with Crippen LogP contribution in [0, 0.1) is 11.8 Å². The van der Waals surface area contributed by atoms with Crippen LogP contribution in [0.3, 0.4) is 0 Å². The normalized spacial score (nSPS) is 26.8. The molecule has 3 aliphatic heterocycles. The molecule has 7 rings (SSSR count). The molecule has 3 saturated heterocycles. The second-order valence-electron chi connectivity index (χ2n) is 12.5. The first kappa shape index (κ1) is 30.2. The molecule has 1 saturated carbocycles. The highest BCUT2D eigenvalue weighted by Gasteiger charge is 2.52. The van der Waals surface area contributed by atoms with Crippen molar-refractivity contribution in [2.24, 2.45) is 11.8 Å². The van der Waals surface area contributed by atoms with Crippen LogP contribution in [-0.4, -0.2) is 74.6 Å². The lowest BCUT2D eigenvalue weighted by Crippen LogP contribution is -2.63. The minimum atomic E-state index is -5.75. The van der Waals surface area contributed by atoms with Crippen molar-refractivity contribution in [2.75, 3.05) is 18.0 Å². The molecule has 3 amide bonds. The summed E-state index contributed by atoms with van der Waals surface area (Å²) in [4.78, 5) is 67.4. The standard InChI is InChI=1S/C30H32F2N5O6PS/c31-30(32,44(41,42)43)19-4-7-24-18(10-19)13-25(45-24)28(39)35-22-12-17-9-16(17)11-21-5-6-23(37(21)29(22)40)27(38)34-20-14-36(15-20)26-3-1-2-8-33-26/h1-4,7-8,10,13,16-17,20-23H,5-6,9,11-12,14-15H2,(H,34,38)(H,35,39)(H2,41,42,43)/t16-,17+,21-,22?,23+/m1/s1. The van der Waals surface area contributed by atoms with E-state index in [1.165, 1.54) is 12.1 Å². The molecular weight excluding hydrogens is 627 g/mol. The van der Waals surface area contributed by atoms with Gasteiger partial charge in [0.25, 0.3) is 5.91 Å². The molecule has 45 heavy (non-hydrogen) atoms. The summed E-state index contributed by atoms with van der Waals surface area (Å²) in [5.41, 5.74) is -5.22. The van der Waals surface area contributed by atoms with E-state index >= 15 is 0 Å². The number of carbonyl (C=O) groups is 3. The molecule has 0 radical (unpaired) electrons. The van der Waals surface area contributed by atoms with Gasteiger partial charge in [-0.3, -0.25) is 18.9 Å². The molecule has 0 spiro atoms. The molecule has 1 unspecified atom stereocenters. The second-order valence-corrected chi connectivity index (χ2v) is 15.2. The number of hydrogen-bond donors (Lipinski definition) is 4. The Kier molecular flexibility index (Phi) is 7.46. The first-order chi connectivity index (χ1) is 21.4. The maximum atomic E-state index is 14.3. The van der Waals surface area contributed by atoms with E-state index in [0.717, 1.165) is 48.5 Å². The second kappa shape index (κ2) is 11.1. The Bertz CT molecular complexity index is 1710. The quantitative estimate of drug-likeness (QED) is 0.282. The number of carbonyl (C=O) groups excluding carboxylic acids is 3. The Hall–Kier alpha value is -3.45. The highest BCUT2D eigenvalue weighted by molar-refractivity contribution is 7.52. The number of benzene rings is 1. The lowest BCUT2D eigenvalue weighted by Gasteiger charge is -2.41. The van der Waals surface area contributed by atoms with E-state index in [2.05, 4.69) is 20.5 Å². The number of thiophene rings is 1. The zero-order chi connectivity index (χ0) is 31.7. The summed E-state index contributed by atoms with van der Waals surface area (Å²) in [6.07, 6.45) is 5.26. The number of fused-ring (bicyclic) bond motifs is 3. The van der Waals surface area contributed by atoms with Gasteiger partial charge in [-0.15, -0.1) is 11.3 Å². The number of hydrogen-bond acceptors (Lipinski definition) is 7. The highest BCUT2D eigenvalue weighted by atomic mass is 32.1. The molecule has 5 heterocycles. The van der Waals surface area contributed by atoms with Gasteiger partial charge in [0.2, 0.25) is 11.8 Å². The molecule has 11 nitrogen and oxygen atoms in total. The first-order valence-electron chi connectivity index (χ1n) is 15.0. The van der Waals surface area contributed by atoms with E-state index < -0.39 is 36.8 Å². The van der Waals surface area contributed by atoms with Gasteiger partial charge in [-0.25, -0.2) is 4.98 Å². The molecule has 4 fully saturated rings. The van der Waals surface area contributed by atoms with Gasteiger partial charge in [-0.1, -0.05) is 12.1 Å². The van der Waals surface area contributed by atoms with Crippen LogP contribution < -0.4 is 15.5 Å². The van der Waals surface area contributed by atoms with Crippen molar-refractivity contribution in [3.63, 3.8) is 0 Å². The molecule has 1 aromatic carbocycles.